The summed E-state index contributed by atoms with van der Waals surface area (Å²) in [5.74, 6) is 14.3. The molecule has 8 aliphatic rings. The van der Waals surface area contributed by atoms with E-state index in [1.165, 1.54) is 150 Å². The first-order chi connectivity index (χ1) is 43.9. The third-order valence-electron chi connectivity index (χ3n) is 28.9. The summed E-state index contributed by atoms with van der Waals surface area (Å²) in [6.45, 7) is 38.8. The first-order valence-corrected chi connectivity index (χ1v) is 37.8. The van der Waals surface area contributed by atoms with Crippen molar-refractivity contribution in [3.8, 4) is 23.0 Å². The molecule has 0 spiro atoms. The molecule has 4 aromatic carbocycles. The number of aryl methyl sites for hydroxylation is 2. The van der Waals surface area contributed by atoms with Crippen LogP contribution in [0.15, 0.2) is 109 Å². The molecular formula is C86H126O6. The molecule has 0 heterocycles. The summed E-state index contributed by atoms with van der Waals surface area (Å²) in [7, 11) is 0. The van der Waals surface area contributed by atoms with Gasteiger partial charge in [-0.05, 0) is 327 Å². The van der Waals surface area contributed by atoms with Gasteiger partial charge in [-0.1, -0.05) is 160 Å². The highest BCUT2D eigenvalue weighted by Crippen LogP contribution is 2.73. The van der Waals surface area contributed by atoms with Crippen molar-refractivity contribution in [1.29, 1.82) is 0 Å². The summed E-state index contributed by atoms with van der Waals surface area (Å²) in [6, 6.07) is 35.1. The molecule has 0 aliphatic heterocycles. The van der Waals surface area contributed by atoms with Gasteiger partial charge in [0.2, 0.25) is 0 Å². The zero-order valence-electron chi connectivity index (χ0n) is 60.6. The second-order valence-electron chi connectivity index (χ2n) is 34.8. The van der Waals surface area contributed by atoms with Crippen molar-refractivity contribution < 1.29 is 29.4 Å². The second kappa shape index (κ2) is 28.3. The fourth-order valence-electron chi connectivity index (χ4n) is 24.4. The summed E-state index contributed by atoms with van der Waals surface area (Å²) in [4.78, 5) is 17.0. The van der Waals surface area contributed by atoms with Gasteiger partial charge in [-0.2, -0.15) is 0 Å². The van der Waals surface area contributed by atoms with Crippen LogP contribution in [0.5, 0.6) is 23.0 Å². The van der Waals surface area contributed by atoms with Gasteiger partial charge in [-0.15, -0.1) is 0 Å². The maximum Gasteiger partial charge on any atom is 0.127 e. The van der Waals surface area contributed by atoms with Crippen LogP contribution in [0.1, 0.15) is 254 Å². The van der Waals surface area contributed by atoms with E-state index in [2.05, 4.69) is 200 Å². The SMILES string of the molecule is CCOOC1CC2C3CCC(C(C)CCC=C(C)C)C3(C)CCC2C2(C)CCC(C(C)OO)C(C)(C)C12.Cc1ccc(Oc2ccc(C3(c4ccc(Oc5ccc(C)cc5)cc4)CCC4(C)C(CCC5C4CCC4(C)C(C(C)CCCC(C)C)CCC54)C3)cc2)cc1. The van der Waals surface area contributed by atoms with Crippen molar-refractivity contribution in [3.05, 3.63) is 131 Å². The summed E-state index contributed by atoms with van der Waals surface area (Å²) in [5.41, 5.74) is 8.42. The van der Waals surface area contributed by atoms with Crippen molar-refractivity contribution in [3.63, 3.8) is 0 Å². The Labute approximate surface area is 560 Å². The third kappa shape index (κ3) is 13.5. The Kier molecular flexibility index (Phi) is 21.3. The standard InChI is InChI=1S/C53H68O2.C33H58O4/c1-36(2)9-8-10-39(5)48-29-30-49-47-28-19-42-35-53(34-33-51(42,6)50(47)31-32-52(48,49)7,40-15-24-45(25-16-40)54-43-20-11-37(3)12-21-43)41-17-26-46(27-18-41)55-44-22-13-38(4)14-23-44;1-10-35-37-29-20-24-27-15-14-25(22(4)13-11-12-21(2)3)32(27,8)18-17-28(24)33(9)19-16-26(23(5)36-34)31(6,7)30(29)33/h11-18,20-27,36,39,42,47-50H,8-10,19,28-35H2,1-7H3;12,22-30,34H,10-11,13-20H2,1-9H3. The monoisotopic (exact) mass is 1250 g/mol. The Bertz CT molecular complexity index is 2960. The highest BCUT2D eigenvalue weighted by atomic mass is 17.2. The molecule has 1 N–H and O–H groups in total. The Morgan fingerprint density at radius 3 is 1.52 bits per heavy atom. The van der Waals surface area contributed by atoms with Crippen molar-refractivity contribution in [2.24, 2.45) is 110 Å². The van der Waals surface area contributed by atoms with E-state index in [1.54, 1.807) is 0 Å². The van der Waals surface area contributed by atoms with Gasteiger partial charge in [0.1, 0.15) is 23.0 Å². The van der Waals surface area contributed by atoms with Crippen LogP contribution in [0.3, 0.4) is 0 Å². The van der Waals surface area contributed by atoms with E-state index in [-0.39, 0.29) is 28.5 Å². The molecule has 8 saturated carbocycles. The molecule has 19 atom stereocenters. The predicted molar refractivity (Wildman–Crippen MR) is 380 cm³/mol. The fraction of sp³-hybridized carbons (Fsp3) is 0.698. The number of benzene rings is 4. The van der Waals surface area contributed by atoms with E-state index in [0.717, 1.165) is 107 Å². The van der Waals surface area contributed by atoms with Gasteiger partial charge >= 0.3 is 0 Å². The smallest absolute Gasteiger partial charge is 0.127 e. The maximum absolute atomic E-state index is 9.60. The molecule has 4 aromatic rings. The van der Waals surface area contributed by atoms with Gasteiger partial charge < -0.3 is 9.47 Å². The summed E-state index contributed by atoms with van der Waals surface area (Å²) in [6.07, 6.45) is 30.5. The van der Waals surface area contributed by atoms with Crippen molar-refractivity contribution in [2.45, 2.75) is 263 Å². The Balaban J connectivity index is 0.000000204. The van der Waals surface area contributed by atoms with Crippen LogP contribution in [0, 0.1) is 124 Å². The number of hydrogen-bond acceptors (Lipinski definition) is 6. The van der Waals surface area contributed by atoms with E-state index < -0.39 is 0 Å². The molecule has 8 aliphatic carbocycles. The Hall–Kier alpha value is -3.94. The van der Waals surface area contributed by atoms with Crippen molar-refractivity contribution in [1.82, 2.24) is 0 Å². The van der Waals surface area contributed by atoms with Gasteiger partial charge in [0.25, 0.3) is 0 Å². The molecule has 0 amide bonds. The van der Waals surface area contributed by atoms with Crippen LogP contribution in [0.4, 0.5) is 0 Å². The quantitative estimate of drug-likeness (QED) is 0.0540. The zero-order chi connectivity index (χ0) is 65.5. The minimum Gasteiger partial charge on any atom is -0.457 e. The Morgan fingerprint density at radius 1 is 0.522 bits per heavy atom. The molecule has 506 valence electrons. The largest absolute Gasteiger partial charge is 0.457 e. The number of hydrogen-bond donors (Lipinski definition) is 1. The molecular weight excluding hydrogens is 1130 g/mol. The van der Waals surface area contributed by atoms with E-state index in [4.69, 9.17) is 24.1 Å². The zero-order valence-corrected chi connectivity index (χ0v) is 60.6. The molecule has 6 heteroatoms. The van der Waals surface area contributed by atoms with Gasteiger partial charge in [0.05, 0.1) is 18.8 Å². The second-order valence-corrected chi connectivity index (χ2v) is 34.8. The molecule has 92 heavy (non-hydrogen) atoms. The molecule has 0 radical (unpaired) electrons. The van der Waals surface area contributed by atoms with Gasteiger partial charge in [-0.25, -0.2) is 14.7 Å². The minimum absolute atomic E-state index is 0.000285. The average molecular weight is 1260 g/mol. The number of rotatable bonds is 20. The van der Waals surface area contributed by atoms with Gasteiger partial charge in [0.15, 0.2) is 0 Å². The average Bonchev–Trinajstić information content (AvgIpc) is 1.12. The highest BCUT2D eigenvalue weighted by Gasteiger charge is 2.67. The number of fused-ring (bicyclic) bond motifs is 10. The lowest BCUT2D eigenvalue weighted by Gasteiger charge is -2.67. The van der Waals surface area contributed by atoms with Gasteiger partial charge in [-0.3, -0.25) is 5.26 Å². The lowest BCUT2D eigenvalue weighted by Crippen LogP contribution is -2.64. The summed E-state index contributed by atoms with van der Waals surface area (Å²) < 4.78 is 12.7. The first-order valence-electron chi connectivity index (χ1n) is 37.8. The molecule has 12 rings (SSSR count). The van der Waals surface area contributed by atoms with E-state index in [0.29, 0.717) is 34.7 Å². The molecule has 6 nitrogen and oxygen atoms in total. The van der Waals surface area contributed by atoms with Gasteiger partial charge in [0, 0.05) is 5.41 Å². The maximum atomic E-state index is 9.60. The number of allylic oxidation sites excluding steroid dienone is 2. The minimum atomic E-state index is -0.164. The topological polar surface area (TPSA) is 66.4 Å². The van der Waals surface area contributed by atoms with E-state index in [1.807, 2.05) is 13.8 Å². The predicted octanol–water partition coefficient (Wildman–Crippen LogP) is 24.4. The van der Waals surface area contributed by atoms with E-state index >= 15 is 0 Å². The van der Waals surface area contributed by atoms with Crippen LogP contribution < -0.4 is 9.47 Å². The lowest BCUT2D eigenvalue weighted by molar-refractivity contribution is -0.372. The van der Waals surface area contributed by atoms with Crippen molar-refractivity contribution >= 4 is 0 Å². The molecule has 0 aromatic heterocycles. The summed E-state index contributed by atoms with van der Waals surface area (Å²) >= 11 is 0. The number of ether oxygens (including phenoxy) is 2. The fourth-order valence-corrected chi connectivity index (χ4v) is 24.4. The summed E-state index contributed by atoms with van der Waals surface area (Å²) in [5, 5.41) is 9.60. The lowest BCUT2D eigenvalue weighted by atomic mass is 9.39. The molecule has 19 unspecified atom stereocenters. The van der Waals surface area contributed by atoms with E-state index in [9.17, 15) is 5.26 Å². The van der Waals surface area contributed by atoms with Crippen LogP contribution in [0.2, 0.25) is 0 Å². The van der Waals surface area contributed by atoms with Crippen LogP contribution in [-0.2, 0) is 20.1 Å². The van der Waals surface area contributed by atoms with Crippen molar-refractivity contribution in [2.75, 3.05) is 6.61 Å². The van der Waals surface area contributed by atoms with Crippen LogP contribution in [-0.4, -0.2) is 24.1 Å². The molecule has 8 fully saturated rings. The third-order valence-corrected chi connectivity index (χ3v) is 28.9. The normalized spacial score (nSPS) is 35.9. The van der Waals surface area contributed by atoms with Crippen LogP contribution >= 0.6 is 0 Å². The Morgan fingerprint density at radius 2 is 1.01 bits per heavy atom. The first kappa shape index (κ1) is 69.4. The molecule has 0 saturated heterocycles. The molecule has 0 bridgehead atoms. The van der Waals surface area contributed by atoms with Crippen LogP contribution in [0.25, 0.3) is 0 Å². The highest BCUT2D eigenvalue weighted by molar-refractivity contribution is 5.46.